The van der Waals surface area contributed by atoms with Crippen molar-refractivity contribution in [2.24, 2.45) is 0 Å². The highest BCUT2D eigenvalue weighted by Crippen LogP contribution is 2.23. The maximum atomic E-state index is 9.35. The molecule has 0 bridgehead atoms. The van der Waals surface area contributed by atoms with Crippen molar-refractivity contribution in [1.29, 1.82) is 0 Å². The van der Waals surface area contributed by atoms with Gasteiger partial charge in [0.05, 0.1) is 13.2 Å². The molecule has 0 amide bonds. The van der Waals surface area contributed by atoms with Gasteiger partial charge in [-0.05, 0) is 24.6 Å². The second-order valence-corrected chi connectivity index (χ2v) is 3.78. The zero-order chi connectivity index (χ0) is 10.8. The van der Waals surface area contributed by atoms with Gasteiger partial charge >= 0.3 is 0 Å². The number of rotatable bonds is 3. The molecule has 2 aromatic rings. The lowest BCUT2D eigenvalue weighted by molar-refractivity contribution is 0.196. The monoisotopic (exact) mass is 205 g/mol. The SMILES string of the molecule is COc1ccc2c(CC(C)O)c[nH]c2c1. The summed E-state index contributed by atoms with van der Waals surface area (Å²) in [6.07, 6.45) is 2.30. The molecule has 1 unspecified atom stereocenters. The van der Waals surface area contributed by atoms with Crippen LogP contribution < -0.4 is 4.74 Å². The largest absolute Gasteiger partial charge is 0.497 e. The van der Waals surface area contributed by atoms with Crippen molar-refractivity contribution in [3.05, 3.63) is 30.0 Å². The van der Waals surface area contributed by atoms with Crippen LogP contribution >= 0.6 is 0 Å². The third kappa shape index (κ3) is 1.97. The Balaban J connectivity index is 2.43. The van der Waals surface area contributed by atoms with Gasteiger partial charge in [0.1, 0.15) is 5.75 Å². The third-order valence-corrected chi connectivity index (χ3v) is 2.49. The highest BCUT2D eigenvalue weighted by atomic mass is 16.5. The Morgan fingerprint density at radius 2 is 2.27 bits per heavy atom. The number of aliphatic hydroxyl groups is 1. The van der Waals surface area contributed by atoms with Crippen LogP contribution in [0, 0.1) is 0 Å². The van der Waals surface area contributed by atoms with Crippen LogP contribution in [-0.4, -0.2) is 23.3 Å². The van der Waals surface area contributed by atoms with E-state index >= 15 is 0 Å². The molecule has 1 aromatic heterocycles. The molecule has 15 heavy (non-hydrogen) atoms. The van der Waals surface area contributed by atoms with E-state index in [9.17, 15) is 5.11 Å². The van der Waals surface area contributed by atoms with Crippen molar-refractivity contribution < 1.29 is 9.84 Å². The average molecular weight is 205 g/mol. The zero-order valence-electron chi connectivity index (χ0n) is 8.95. The zero-order valence-corrected chi connectivity index (χ0v) is 8.95. The topological polar surface area (TPSA) is 45.2 Å². The molecule has 0 radical (unpaired) electrons. The normalized spacial score (nSPS) is 13.0. The molecular weight excluding hydrogens is 190 g/mol. The van der Waals surface area contributed by atoms with Crippen LogP contribution in [0.15, 0.2) is 24.4 Å². The summed E-state index contributed by atoms with van der Waals surface area (Å²) in [6.45, 7) is 1.79. The van der Waals surface area contributed by atoms with Gasteiger partial charge in [-0.25, -0.2) is 0 Å². The van der Waals surface area contributed by atoms with E-state index in [1.54, 1.807) is 14.0 Å². The van der Waals surface area contributed by atoms with Crippen molar-refractivity contribution >= 4 is 10.9 Å². The summed E-state index contributed by atoms with van der Waals surface area (Å²) in [5.74, 6) is 0.841. The number of benzene rings is 1. The van der Waals surface area contributed by atoms with Crippen molar-refractivity contribution in [2.45, 2.75) is 19.4 Å². The molecule has 2 N–H and O–H groups in total. The fraction of sp³-hybridized carbons (Fsp3) is 0.333. The van der Waals surface area contributed by atoms with Crippen LogP contribution in [0.4, 0.5) is 0 Å². The molecule has 2 rings (SSSR count). The summed E-state index contributed by atoms with van der Waals surface area (Å²) in [5.41, 5.74) is 2.19. The standard InChI is InChI=1S/C12H15NO2/c1-8(14)5-9-7-13-12-6-10(15-2)3-4-11(9)12/h3-4,6-8,13-14H,5H2,1-2H3. The van der Waals surface area contributed by atoms with Crippen LogP contribution in [-0.2, 0) is 6.42 Å². The van der Waals surface area contributed by atoms with E-state index in [1.807, 2.05) is 24.4 Å². The Morgan fingerprint density at radius 1 is 1.47 bits per heavy atom. The van der Waals surface area contributed by atoms with Crippen LogP contribution in [0.1, 0.15) is 12.5 Å². The lowest BCUT2D eigenvalue weighted by atomic mass is 10.1. The highest BCUT2D eigenvalue weighted by Gasteiger charge is 2.06. The molecule has 1 heterocycles. The van der Waals surface area contributed by atoms with Crippen molar-refractivity contribution in [3.63, 3.8) is 0 Å². The van der Waals surface area contributed by atoms with E-state index in [4.69, 9.17) is 4.74 Å². The first-order chi connectivity index (χ1) is 7.20. The predicted molar refractivity (Wildman–Crippen MR) is 60.2 cm³/mol. The van der Waals surface area contributed by atoms with Crippen molar-refractivity contribution in [1.82, 2.24) is 4.98 Å². The lowest BCUT2D eigenvalue weighted by Gasteiger charge is -2.03. The van der Waals surface area contributed by atoms with Gasteiger partial charge < -0.3 is 14.8 Å². The molecule has 0 saturated heterocycles. The maximum Gasteiger partial charge on any atom is 0.120 e. The summed E-state index contributed by atoms with van der Waals surface area (Å²) in [7, 11) is 1.65. The Hall–Kier alpha value is -1.48. The van der Waals surface area contributed by atoms with E-state index in [2.05, 4.69) is 4.98 Å². The molecular formula is C12H15NO2. The molecule has 1 aromatic carbocycles. The molecule has 0 aliphatic rings. The molecule has 3 nitrogen and oxygen atoms in total. The van der Waals surface area contributed by atoms with Gasteiger partial charge in [-0.15, -0.1) is 0 Å². The number of aromatic amines is 1. The summed E-state index contributed by atoms with van der Waals surface area (Å²) >= 11 is 0. The number of hydrogen-bond donors (Lipinski definition) is 2. The van der Waals surface area contributed by atoms with E-state index in [0.717, 1.165) is 22.2 Å². The Bertz CT molecular complexity index is 460. The quantitative estimate of drug-likeness (QED) is 0.806. The first-order valence-corrected chi connectivity index (χ1v) is 5.03. The average Bonchev–Trinajstić information content (AvgIpc) is 2.60. The molecule has 0 spiro atoms. The Labute approximate surface area is 88.7 Å². The fourth-order valence-corrected chi connectivity index (χ4v) is 1.78. The third-order valence-electron chi connectivity index (χ3n) is 2.49. The van der Waals surface area contributed by atoms with Gasteiger partial charge in [-0.2, -0.15) is 0 Å². The van der Waals surface area contributed by atoms with Crippen LogP contribution in [0.2, 0.25) is 0 Å². The second kappa shape index (κ2) is 3.95. The van der Waals surface area contributed by atoms with Crippen molar-refractivity contribution in [2.75, 3.05) is 7.11 Å². The van der Waals surface area contributed by atoms with Gasteiger partial charge in [0.15, 0.2) is 0 Å². The number of aliphatic hydroxyl groups excluding tert-OH is 1. The van der Waals surface area contributed by atoms with Gasteiger partial charge in [-0.1, -0.05) is 0 Å². The summed E-state index contributed by atoms with van der Waals surface area (Å²) in [5, 5.41) is 10.5. The Kier molecular flexibility index (Phi) is 2.64. The Morgan fingerprint density at radius 3 is 2.93 bits per heavy atom. The number of ether oxygens (including phenoxy) is 1. The number of fused-ring (bicyclic) bond motifs is 1. The number of H-pyrrole nitrogens is 1. The highest BCUT2D eigenvalue weighted by molar-refractivity contribution is 5.84. The van der Waals surface area contributed by atoms with Crippen LogP contribution in [0.5, 0.6) is 5.75 Å². The first-order valence-electron chi connectivity index (χ1n) is 5.03. The van der Waals surface area contributed by atoms with Gasteiger partial charge in [-0.3, -0.25) is 0 Å². The molecule has 0 saturated carbocycles. The van der Waals surface area contributed by atoms with Gasteiger partial charge in [0.2, 0.25) is 0 Å². The number of hydrogen-bond acceptors (Lipinski definition) is 2. The minimum atomic E-state index is -0.314. The maximum absolute atomic E-state index is 9.35. The van der Waals surface area contributed by atoms with E-state index in [0.29, 0.717) is 6.42 Å². The van der Waals surface area contributed by atoms with Crippen LogP contribution in [0.3, 0.4) is 0 Å². The summed E-state index contributed by atoms with van der Waals surface area (Å²) < 4.78 is 5.14. The molecule has 1 atom stereocenters. The molecule has 0 fully saturated rings. The van der Waals surface area contributed by atoms with E-state index in [1.165, 1.54) is 0 Å². The van der Waals surface area contributed by atoms with Gasteiger partial charge in [0.25, 0.3) is 0 Å². The second-order valence-electron chi connectivity index (χ2n) is 3.78. The smallest absolute Gasteiger partial charge is 0.120 e. The predicted octanol–water partition coefficient (Wildman–Crippen LogP) is 2.10. The minimum Gasteiger partial charge on any atom is -0.497 e. The number of aromatic nitrogens is 1. The fourth-order valence-electron chi connectivity index (χ4n) is 1.78. The van der Waals surface area contributed by atoms with Gasteiger partial charge in [0, 0.05) is 29.6 Å². The summed E-state index contributed by atoms with van der Waals surface area (Å²) in [4.78, 5) is 3.18. The molecule has 80 valence electrons. The molecule has 3 heteroatoms. The molecule has 0 aliphatic carbocycles. The minimum absolute atomic E-state index is 0.314. The first kappa shape index (κ1) is 10.1. The van der Waals surface area contributed by atoms with E-state index in [-0.39, 0.29) is 6.10 Å². The lowest BCUT2D eigenvalue weighted by Crippen LogP contribution is -2.03. The van der Waals surface area contributed by atoms with Crippen LogP contribution in [0.25, 0.3) is 10.9 Å². The molecule has 0 aliphatic heterocycles. The summed E-state index contributed by atoms with van der Waals surface area (Å²) in [6, 6.07) is 5.91. The van der Waals surface area contributed by atoms with E-state index < -0.39 is 0 Å². The van der Waals surface area contributed by atoms with Crippen molar-refractivity contribution in [3.8, 4) is 5.75 Å². The number of methoxy groups -OCH3 is 1. The number of nitrogens with one attached hydrogen (secondary N) is 1.